The SMILES string of the molecule is O=C1CC(c2ccc(F)cc2)NC(N2CCN(c3ccc(Cl)cc3)CC2)N1. The molecule has 4 rings (SSSR count). The lowest BCUT2D eigenvalue weighted by Gasteiger charge is -2.43. The number of halogens is 2. The number of piperazine rings is 1. The molecule has 2 aromatic carbocycles. The minimum atomic E-state index is -0.270. The smallest absolute Gasteiger partial charge is 0.224 e. The van der Waals surface area contributed by atoms with Gasteiger partial charge in [0.1, 0.15) is 12.1 Å². The second-order valence-electron chi connectivity index (χ2n) is 6.94. The zero-order valence-corrected chi connectivity index (χ0v) is 15.6. The fourth-order valence-electron chi connectivity index (χ4n) is 3.68. The number of carbonyl (C=O) groups excluding carboxylic acids is 1. The van der Waals surface area contributed by atoms with Crippen molar-refractivity contribution in [1.29, 1.82) is 0 Å². The average molecular weight is 389 g/mol. The van der Waals surface area contributed by atoms with Crippen molar-refractivity contribution in [3.63, 3.8) is 0 Å². The van der Waals surface area contributed by atoms with Crippen LogP contribution in [0.15, 0.2) is 48.5 Å². The van der Waals surface area contributed by atoms with Crippen molar-refractivity contribution in [3.8, 4) is 0 Å². The first kappa shape index (κ1) is 18.2. The number of benzene rings is 2. The molecule has 0 spiro atoms. The molecule has 0 aromatic heterocycles. The molecule has 2 saturated heterocycles. The van der Waals surface area contributed by atoms with Crippen molar-refractivity contribution in [2.45, 2.75) is 18.8 Å². The molecule has 2 heterocycles. The van der Waals surface area contributed by atoms with Crippen LogP contribution in [-0.2, 0) is 4.79 Å². The summed E-state index contributed by atoms with van der Waals surface area (Å²) in [5, 5.41) is 7.25. The van der Waals surface area contributed by atoms with E-state index in [0.717, 1.165) is 42.5 Å². The van der Waals surface area contributed by atoms with Crippen LogP contribution in [0.25, 0.3) is 0 Å². The molecule has 0 bridgehead atoms. The number of hydrogen-bond donors (Lipinski definition) is 2. The lowest BCUT2D eigenvalue weighted by atomic mass is 10.0. The quantitative estimate of drug-likeness (QED) is 0.848. The normalized spacial score (nSPS) is 23.9. The van der Waals surface area contributed by atoms with Gasteiger partial charge in [0.2, 0.25) is 5.91 Å². The lowest BCUT2D eigenvalue weighted by molar-refractivity contribution is -0.127. The van der Waals surface area contributed by atoms with Gasteiger partial charge < -0.3 is 10.2 Å². The van der Waals surface area contributed by atoms with Gasteiger partial charge in [-0.15, -0.1) is 0 Å². The maximum atomic E-state index is 13.2. The molecule has 2 unspecified atom stereocenters. The average Bonchev–Trinajstić information content (AvgIpc) is 2.69. The van der Waals surface area contributed by atoms with Crippen molar-refractivity contribution >= 4 is 23.2 Å². The molecule has 2 aliphatic heterocycles. The zero-order valence-electron chi connectivity index (χ0n) is 14.9. The Labute approximate surface area is 163 Å². The third-order valence-electron chi connectivity index (χ3n) is 5.19. The van der Waals surface area contributed by atoms with Crippen LogP contribution in [0.2, 0.25) is 5.02 Å². The lowest BCUT2D eigenvalue weighted by Crippen LogP contribution is -2.64. The second-order valence-corrected chi connectivity index (χ2v) is 7.38. The van der Waals surface area contributed by atoms with Crippen molar-refractivity contribution in [2.75, 3.05) is 31.1 Å². The van der Waals surface area contributed by atoms with Gasteiger partial charge in [-0.2, -0.15) is 0 Å². The minimum Gasteiger partial charge on any atom is -0.369 e. The van der Waals surface area contributed by atoms with Crippen LogP contribution in [0.1, 0.15) is 18.0 Å². The van der Waals surface area contributed by atoms with Crippen LogP contribution in [-0.4, -0.2) is 43.3 Å². The summed E-state index contributed by atoms with van der Waals surface area (Å²) in [5.41, 5.74) is 2.08. The Kier molecular flexibility index (Phi) is 5.29. The summed E-state index contributed by atoms with van der Waals surface area (Å²) in [4.78, 5) is 16.8. The Bertz CT molecular complexity index is 791. The van der Waals surface area contributed by atoms with Crippen molar-refractivity contribution in [2.24, 2.45) is 0 Å². The van der Waals surface area contributed by atoms with Crippen molar-refractivity contribution in [3.05, 3.63) is 64.9 Å². The van der Waals surface area contributed by atoms with Gasteiger partial charge in [-0.25, -0.2) is 4.39 Å². The molecule has 2 N–H and O–H groups in total. The third-order valence-corrected chi connectivity index (χ3v) is 5.44. The van der Waals surface area contributed by atoms with Crippen molar-refractivity contribution in [1.82, 2.24) is 15.5 Å². The summed E-state index contributed by atoms with van der Waals surface area (Å²) in [5.74, 6) is -0.262. The van der Waals surface area contributed by atoms with E-state index in [1.54, 1.807) is 12.1 Å². The number of carbonyl (C=O) groups is 1. The van der Waals surface area contributed by atoms with Gasteiger partial charge in [-0.05, 0) is 42.0 Å². The summed E-state index contributed by atoms with van der Waals surface area (Å²) in [6.45, 7) is 3.40. The Morgan fingerprint density at radius 2 is 1.63 bits per heavy atom. The molecule has 2 fully saturated rings. The maximum Gasteiger partial charge on any atom is 0.224 e. The Morgan fingerprint density at radius 1 is 0.963 bits per heavy atom. The highest BCUT2D eigenvalue weighted by molar-refractivity contribution is 6.30. The van der Waals surface area contributed by atoms with Crippen LogP contribution in [0.5, 0.6) is 0 Å². The molecule has 0 radical (unpaired) electrons. The van der Waals surface area contributed by atoms with E-state index in [1.807, 2.05) is 24.3 Å². The predicted octanol–water partition coefficient (Wildman–Crippen LogP) is 2.74. The van der Waals surface area contributed by atoms with Gasteiger partial charge in [0, 0.05) is 49.4 Å². The van der Waals surface area contributed by atoms with Gasteiger partial charge in [0.15, 0.2) is 0 Å². The Balaban J connectivity index is 1.39. The molecule has 0 saturated carbocycles. The topological polar surface area (TPSA) is 47.6 Å². The van der Waals surface area contributed by atoms with Gasteiger partial charge in [-0.3, -0.25) is 15.0 Å². The fourth-order valence-corrected chi connectivity index (χ4v) is 3.81. The van der Waals surface area contributed by atoms with Crippen LogP contribution < -0.4 is 15.5 Å². The number of nitrogens with zero attached hydrogens (tertiary/aromatic N) is 2. The predicted molar refractivity (Wildman–Crippen MR) is 104 cm³/mol. The molecule has 2 atom stereocenters. The van der Waals surface area contributed by atoms with Gasteiger partial charge in [0.05, 0.1) is 0 Å². The Morgan fingerprint density at radius 3 is 2.30 bits per heavy atom. The molecule has 27 heavy (non-hydrogen) atoms. The van der Waals surface area contributed by atoms with E-state index in [1.165, 1.54) is 12.1 Å². The van der Waals surface area contributed by atoms with E-state index in [2.05, 4.69) is 20.4 Å². The summed E-state index contributed by atoms with van der Waals surface area (Å²) in [6.07, 6.45) is 0.140. The molecule has 0 aliphatic carbocycles. The second kappa shape index (κ2) is 7.84. The summed E-state index contributed by atoms with van der Waals surface area (Å²) in [7, 11) is 0. The van der Waals surface area contributed by atoms with E-state index in [-0.39, 0.29) is 24.1 Å². The van der Waals surface area contributed by atoms with Gasteiger partial charge in [-0.1, -0.05) is 23.7 Å². The van der Waals surface area contributed by atoms with Gasteiger partial charge >= 0.3 is 0 Å². The van der Waals surface area contributed by atoms with E-state index in [9.17, 15) is 9.18 Å². The maximum absolute atomic E-state index is 13.2. The molecule has 142 valence electrons. The molecule has 2 aromatic rings. The highest BCUT2D eigenvalue weighted by Gasteiger charge is 2.32. The molecule has 7 heteroatoms. The van der Waals surface area contributed by atoms with Crippen LogP contribution in [0.3, 0.4) is 0 Å². The molecule has 2 aliphatic rings. The number of nitrogens with one attached hydrogen (secondary N) is 2. The highest BCUT2D eigenvalue weighted by atomic mass is 35.5. The number of anilines is 1. The van der Waals surface area contributed by atoms with Crippen LogP contribution in [0, 0.1) is 5.82 Å². The van der Waals surface area contributed by atoms with E-state index < -0.39 is 0 Å². The minimum absolute atomic E-state index is 0.00760. The molecular formula is C20H22ClFN4O. The fraction of sp³-hybridized carbons (Fsp3) is 0.350. The van der Waals surface area contributed by atoms with E-state index in [0.29, 0.717) is 6.42 Å². The van der Waals surface area contributed by atoms with E-state index >= 15 is 0 Å². The molecular weight excluding hydrogens is 367 g/mol. The third kappa shape index (κ3) is 4.24. The van der Waals surface area contributed by atoms with Crippen LogP contribution >= 0.6 is 11.6 Å². The zero-order chi connectivity index (χ0) is 18.8. The highest BCUT2D eigenvalue weighted by Crippen LogP contribution is 2.23. The van der Waals surface area contributed by atoms with Gasteiger partial charge in [0.25, 0.3) is 0 Å². The standard InChI is InChI=1S/C20H22ClFN4O/c21-15-3-7-17(8-4-15)25-9-11-26(12-10-25)20-23-18(13-19(27)24-20)14-1-5-16(22)6-2-14/h1-8,18,20,23H,9-13H2,(H,24,27). The summed E-state index contributed by atoms with van der Waals surface area (Å²) >= 11 is 5.97. The first-order valence-corrected chi connectivity index (χ1v) is 9.52. The number of rotatable bonds is 3. The number of amides is 1. The van der Waals surface area contributed by atoms with Crippen molar-refractivity contribution < 1.29 is 9.18 Å². The largest absolute Gasteiger partial charge is 0.369 e. The first-order chi connectivity index (χ1) is 13.1. The summed E-state index contributed by atoms with van der Waals surface area (Å²) in [6, 6.07) is 14.1. The number of hydrogen-bond acceptors (Lipinski definition) is 4. The molecule has 5 nitrogen and oxygen atoms in total. The monoisotopic (exact) mass is 388 g/mol. The van der Waals surface area contributed by atoms with Crippen LogP contribution in [0.4, 0.5) is 10.1 Å². The first-order valence-electron chi connectivity index (χ1n) is 9.14. The molecule has 1 amide bonds. The van der Waals surface area contributed by atoms with E-state index in [4.69, 9.17) is 11.6 Å². The Hall–Kier alpha value is -2.15. The summed E-state index contributed by atoms with van der Waals surface area (Å²) < 4.78 is 13.2.